The van der Waals surface area contributed by atoms with E-state index >= 15 is 0 Å². The third-order valence-electron chi connectivity index (χ3n) is 2.47. The highest BCUT2D eigenvalue weighted by atomic mass is 35.5. The van der Waals surface area contributed by atoms with Gasteiger partial charge in [-0.05, 0) is 6.92 Å². The highest BCUT2D eigenvalue weighted by Gasteiger charge is 2.49. The van der Waals surface area contributed by atoms with E-state index in [0.29, 0.717) is 0 Å². The first-order chi connectivity index (χ1) is 6.46. The van der Waals surface area contributed by atoms with E-state index in [1.54, 1.807) is 6.92 Å². The molecule has 0 aromatic rings. The number of nitrogens with one attached hydrogen (secondary N) is 1. The topological polar surface area (TPSA) is 88.0 Å². The Morgan fingerprint density at radius 1 is 1.20 bits per heavy atom. The smallest absolute Gasteiger partial charge is 0.349 e. The van der Waals surface area contributed by atoms with E-state index in [1.165, 1.54) is 14.2 Å². The predicted molar refractivity (Wildman–Crippen MR) is 57.3 cm³/mol. The van der Waals surface area contributed by atoms with E-state index in [2.05, 4.69) is 5.32 Å². The highest BCUT2D eigenvalue weighted by molar-refractivity contribution is 7.54. The van der Waals surface area contributed by atoms with Crippen molar-refractivity contribution in [1.82, 2.24) is 5.32 Å². The Kier molecular flexibility index (Phi) is 5.71. The van der Waals surface area contributed by atoms with E-state index < -0.39 is 25.6 Å². The van der Waals surface area contributed by atoms with Crippen LogP contribution in [-0.4, -0.2) is 48.5 Å². The van der Waals surface area contributed by atoms with Crippen LogP contribution in [0.4, 0.5) is 0 Å². The lowest BCUT2D eigenvalue weighted by atomic mass is 10.2. The average Bonchev–Trinajstić information content (AvgIpc) is 2.45. The van der Waals surface area contributed by atoms with Gasteiger partial charge in [0, 0.05) is 20.3 Å². The summed E-state index contributed by atoms with van der Waals surface area (Å²) in [7, 11) is -0.893. The van der Waals surface area contributed by atoms with Gasteiger partial charge in [-0.15, -0.1) is 12.4 Å². The largest absolute Gasteiger partial charge is 0.389 e. The lowest BCUT2D eigenvalue weighted by molar-refractivity contribution is 0.0356. The van der Waals surface area contributed by atoms with Gasteiger partial charge < -0.3 is 19.3 Å². The Morgan fingerprint density at radius 3 is 1.93 bits per heavy atom. The summed E-state index contributed by atoms with van der Waals surface area (Å²) in [4.78, 5) is 0. The van der Waals surface area contributed by atoms with Crippen molar-refractivity contribution >= 4 is 20.0 Å². The van der Waals surface area contributed by atoms with Crippen LogP contribution < -0.4 is 5.32 Å². The van der Waals surface area contributed by atoms with Crippen LogP contribution in [0.2, 0.25) is 0 Å². The second-order valence-corrected chi connectivity index (χ2v) is 5.65. The first kappa shape index (κ1) is 15.3. The number of aliphatic hydroxyl groups excluding tert-OH is 2. The molecule has 0 aliphatic carbocycles. The molecule has 1 fully saturated rings. The highest BCUT2D eigenvalue weighted by Crippen LogP contribution is 2.53. The molecule has 0 aromatic heterocycles. The number of hydrogen-bond donors (Lipinski definition) is 3. The molecule has 1 aliphatic heterocycles. The fourth-order valence-corrected chi connectivity index (χ4v) is 3.10. The first-order valence-electron chi connectivity index (χ1n) is 4.29. The first-order valence-corrected chi connectivity index (χ1v) is 5.91. The van der Waals surface area contributed by atoms with Gasteiger partial charge in [-0.25, -0.2) is 0 Å². The fourth-order valence-electron chi connectivity index (χ4n) is 1.53. The van der Waals surface area contributed by atoms with Crippen LogP contribution in [0.25, 0.3) is 0 Å². The summed E-state index contributed by atoms with van der Waals surface area (Å²) >= 11 is 0. The van der Waals surface area contributed by atoms with Gasteiger partial charge >= 0.3 is 7.60 Å². The van der Waals surface area contributed by atoms with E-state index in [9.17, 15) is 14.8 Å². The molecule has 15 heavy (non-hydrogen) atoms. The van der Waals surface area contributed by atoms with Crippen LogP contribution in [0.15, 0.2) is 0 Å². The maximum Gasteiger partial charge on any atom is 0.349 e. The molecule has 1 rings (SSSR count). The lowest BCUT2D eigenvalue weighted by Gasteiger charge is -2.23. The summed E-state index contributed by atoms with van der Waals surface area (Å²) in [6, 6.07) is -0.339. The molecule has 0 spiro atoms. The molecule has 4 atom stereocenters. The van der Waals surface area contributed by atoms with Crippen molar-refractivity contribution < 1.29 is 23.8 Å². The molecule has 1 aliphatic rings. The summed E-state index contributed by atoms with van der Waals surface area (Å²) < 4.78 is 21.4. The molecule has 1 saturated heterocycles. The van der Waals surface area contributed by atoms with Crippen LogP contribution in [-0.2, 0) is 13.6 Å². The van der Waals surface area contributed by atoms with Crippen molar-refractivity contribution in [1.29, 1.82) is 0 Å². The van der Waals surface area contributed by atoms with E-state index in [0.717, 1.165) is 0 Å². The van der Waals surface area contributed by atoms with Crippen molar-refractivity contribution in [2.45, 2.75) is 31.0 Å². The Morgan fingerprint density at radius 2 is 1.67 bits per heavy atom. The van der Waals surface area contributed by atoms with Crippen LogP contribution >= 0.6 is 20.0 Å². The van der Waals surface area contributed by atoms with Crippen LogP contribution in [0.3, 0.4) is 0 Å². The molecule has 0 aromatic carbocycles. The standard InChI is InChI=1S/C7H16NO5P.ClH/c1-4-5(9)6(10)7(8-4)14(11,12-2)13-3;/h4-10H,1-3H3;1H/t4-,5+,6+,7-;/m0./s1. The van der Waals surface area contributed by atoms with Crippen molar-refractivity contribution in [3.63, 3.8) is 0 Å². The fraction of sp³-hybridized carbons (Fsp3) is 1.00. The van der Waals surface area contributed by atoms with Crippen molar-refractivity contribution in [3.05, 3.63) is 0 Å². The SMILES string of the molecule is COP(=O)(OC)[C@@H]1N[C@@H](C)[C@@H](O)[C@H]1O.Cl. The van der Waals surface area contributed by atoms with Crippen molar-refractivity contribution in [2.75, 3.05) is 14.2 Å². The van der Waals surface area contributed by atoms with E-state index in [4.69, 9.17) is 9.05 Å². The number of halogens is 1. The maximum atomic E-state index is 11.9. The third kappa shape index (κ3) is 2.71. The van der Waals surface area contributed by atoms with Crippen LogP contribution in [0.1, 0.15) is 6.92 Å². The van der Waals surface area contributed by atoms with Crippen molar-refractivity contribution in [2.24, 2.45) is 0 Å². The van der Waals surface area contributed by atoms with Gasteiger partial charge in [0.2, 0.25) is 0 Å². The predicted octanol–water partition coefficient (Wildman–Crippen LogP) is -0.0663. The van der Waals surface area contributed by atoms with Crippen molar-refractivity contribution in [3.8, 4) is 0 Å². The summed E-state index contributed by atoms with van der Waals surface area (Å²) in [5, 5.41) is 21.8. The van der Waals surface area contributed by atoms with Gasteiger partial charge in [0.05, 0.1) is 6.10 Å². The summed E-state index contributed by atoms with van der Waals surface area (Å²) in [6.07, 6.45) is -2.10. The van der Waals surface area contributed by atoms with Gasteiger partial charge in [0.25, 0.3) is 0 Å². The Balaban J connectivity index is 0.00000196. The van der Waals surface area contributed by atoms with Gasteiger partial charge in [0.1, 0.15) is 11.9 Å². The molecular weight excluding hydrogens is 245 g/mol. The summed E-state index contributed by atoms with van der Waals surface area (Å²) in [5.41, 5.74) is 0. The van der Waals surface area contributed by atoms with Gasteiger partial charge in [0.15, 0.2) is 0 Å². The molecular formula is C7H17ClNO5P. The molecule has 1 heterocycles. The molecule has 0 bridgehead atoms. The minimum atomic E-state index is -3.38. The number of hydrogen-bond acceptors (Lipinski definition) is 6. The van der Waals surface area contributed by atoms with E-state index in [-0.39, 0.29) is 18.4 Å². The summed E-state index contributed by atoms with van der Waals surface area (Å²) in [6.45, 7) is 1.68. The normalized spacial score (nSPS) is 36.3. The molecule has 0 saturated carbocycles. The third-order valence-corrected chi connectivity index (χ3v) is 4.62. The minimum Gasteiger partial charge on any atom is -0.389 e. The molecule has 92 valence electrons. The maximum absolute atomic E-state index is 11.9. The lowest BCUT2D eigenvalue weighted by Crippen LogP contribution is -2.33. The Hall–Kier alpha value is 0.320. The quantitative estimate of drug-likeness (QED) is 0.617. The van der Waals surface area contributed by atoms with Gasteiger partial charge in [-0.1, -0.05) is 0 Å². The van der Waals surface area contributed by atoms with Crippen LogP contribution in [0, 0.1) is 0 Å². The van der Waals surface area contributed by atoms with E-state index in [1.807, 2.05) is 0 Å². The van der Waals surface area contributed by atoms with Gasteiger partial charge in [-0.3, -0.25) is 9.88 Å². The molecule has 0 unspecified atom stereocenters. The number of aliphatic hydroxyl groups is 2. The Bertz CT molecular complexity index is 246. The molecule has 3 N–H and O–H groups in total. The zero-order valence-electron chi connectivity index (χ0n) is 8.78. The second-order valence-electron chi connectivity index (χ2n) is 3.29. The molecule has 6 nitrogen and oxygen atoms in total. The second kappa shape index (κ2) is 5.59. The molecule has 8 heteroatoms. The zero-order valence-corrected chi connectivity index (χ0v) is 10.5. The zero-order chi connectivity index (χ0) is 10.9. The average molecular weight is 262 g/mol. The summed E-state index contributed by atoms with van der Waals surface area (Å²) in [5.74, 6) is -0.873. The van der Waals surface area contributed by atoms with Gasteiger partial charge in [-0.2, -0.15) is 0 Å². The molecule has 0 radical (unpaired) electrons. The molecule has 0 amide bonds. The number of rotatable bonds is 3. The monoisotopic (exact) mass is 261 g/mol. The van der Waals surface area contributed by atoms with Crippen LogP contribution in [0.5, 0.6) is 0 Å². The minimum absolute atomic E-state index is 0. The Labute approximate surface area is 94.9 Å².